The van der Waals surface area contributed by atoms with Crippen molar-refractivity contribution in [2.75, 3.05) is 33.5 Å². The molecule has 1 aliphatic rings. The monoisotopic (exact) mass is 473 g/mol. The Morgan fingerprint density at radius 2 is 1.70 bits per heavy atom. The largest absolute Gasteiger partial charge is 0.507 e. The number of carbonyl (C=O) groups is 2. The Hall–Kier alpha value is -3.03. The Kier molecular flexibility index (Phi) is 8.36. The minimum atomic E-state index is -0.785. The maximum Gasteiger partial charge on any atom is 0.295 e. The Balaban J connectivity index is 2.15. The lowest BCUT2D eigenvalue weighted by Gasteiger charge is -2.26. The standard InChI is InChI=1S/C25H28ClNO6/c1-4-32-19-12-9-17(15-20(19)33-5-2)22-21(23(28)16-7-10-18(26)11-8-16)24(29)25(30)27(22)13-6-14-31-3/h7-12,15,22,28H,4-6,13-14H2,1-3H3/b23-21+. The van der Waals surface area contributed by atoms with Crippen molar-refractivity contribution in [3.63, 3.8) is 0 Å². The second-order valence-corrected chi connectivity index (χ2v) is 7.85. The van der Waals surface area contributed by atoms with Crippen LogP contribution in [0.2, 0.25) is 5.02 Å². The lowest BCUT2D eigenvalue weighted by Crippen LogP contribution is -2.31. The first-order valence-electron chi connectivity index (χ1n) is 10.9. The van der Waals surface area contributed by atoms with E-state index in [0.717, 1.165) is 0 Å². The third-order valence-corrected chi connectivity index (χ3v) is 5.54. The topological polar surface area (TPSA) is 85.3 Å². The van der Waals surface area contributed by atoms with Crippen molar-refractivity contribution in [1.82, 2.24) is 4.90 Å². The van der Waals surface area contributed by atoms with Crippen molar-refractivity contribution in [1.29, 1.82) is 0 Å². The van der Waals surface area contributed by atoms with Crippen molar-refractivity contribution < 1.29 is 28.9 Å². The highest BCUT2D eigenvalue weighted by atomic mass is 35.5. The molecule has 1 heterocycles. The number of benzene rings is 2. The summed E-state index contributed by atoms with van der Waals surface area (Å²) in [6.45, 7) is 5.34. The molecule has 1 atom stereocenters. The zero-order chi connectivity index (χ0) is 24.0. The van der Waals surface area contributed by atoms with E-state index in [4.69, 9.17) is 25.8 Å². The van der Waals surface area contributed by atoms with Gasteiger partial charge in [-0.15, -0.1) is 0 Å². The fourth-order valence-electron chi connectivity index (χ4n) is 3.84. The van der Waals surface area contributed by atoms with Crippen molar-refractivity contribution >= 4 is 29.1 Å². The van der Waals surface area contributed by atoms with Crippen LogP contribution in [0.1, 0.15) is 37.4 Å². The molecule has 2 aromatic rings. The molecule has 8 heteroatoms. The van der Waals surface area contributed by atoms with Gasteiger partial charge in [0.05, 0.1) is 24.8 Å². The smallest absolute Gasteiger partial charge is 0.295 e. The van der Waals surface area contributed by atoms with Crippen LogP contribution in [0.3, 0.4) is 0 Å². The lowest BCUT2D eigenvalue weighted by atomic mass is 9.95. The highest BCUT2D eigenvalue weighted by Crippen LogP contribution is 2.42. The number of ketones is 1. The first-order chi connectivity index (χ1) is 15.9. The maximum absolute atomic E-state index is 13.1. The minimum absolute atomic E-state index is 0.0198. The number of rotatable bonds is 10. The van der Waals surface area contributed by atoms with Gasteiger partial charge in [0.2, 0.25) is 0 Å². The molecular formula is C25H28ClNO6. The Morgan fingerprint density at radius 1 is 1.03 bits per heavy atom. The van der Waals surface area contributed by atoms with E-state index < -0.39 is 17.7 Å². The minimum Gasteiger partial charge on any atom is -0.507 e. The van der Waals surface area contributed by atoms with Gasteiger partial charge in [-0.2, -0.15) is 0 Å². The highest BCUT2D eigenvalue weighted by molar-refractivity contribution is 6.46. The van der Waals surface area contributed by atoms with Gasteiger partial charge in [-0.3, -0.25) is 9.59 Å². The molecule has 1 fully saturated rings. The first-order valence-corrected chi connectivity index (χ1v) is 11.2. The summed E-state index contributed by atoms with van der Waals surface area (Å²) in [7, 11) is 1.58. The summed E-state index contributed by atoms with van der Waals surface area (Å²) in [4.78, 5) is 27.5. The van der Waals surface area contributed by atoms with Gasteiger partial charge in [-0.05, 0) is 62.2 Å². The molecule has 3 rings (SSSR count). The van der Waals surface area contributed by atoms with E-state index in [1.807, 2.05) is 13.8 Å². The van der Waals surface area contributed by atoms with Crippen LogP contribution in [0.4, 0.5) is 0 Å². The molecule has 1 unspecified atom stereocenters. The maximum atomic E-state index is 13.1. The number of aliphatic hydroxyl groups is 1. The van der Waals surface area contributed by atoms with Crippen LogP contribution >= 0.6 is 11.6 Å². The number of hydrogen-bond donors (Lipinski definition) is 1. The molecule has 176 valence electrons. The molecule has 1 N–H and O–H groups in total. The normalized spacial score (nSPS) is 17.5. The third-order valence-electron chi connectivity index (χ3n) is 5.29. The van der Waals surface area contributed by atoms with Gasteiger partial charge in [0.15, 0.2) is 11.5 Å². The summed E-state index contributed by atoms with van der Waals surface area (Å²) < 4.78 is 16.5. The molecule has 0 aliphatic carbocycles. The number of ether oxygens (including phenoxy) is 3. The molecule has 33 heavy (non-hydrogen) atoms. The molecule has 2 aromatic carbocycles. The van der Waals surface area contributed by atoms with Gasteiger partial charge in [-0.1, -0.05) is 17.7 Å². The van der Waals surface area contributed by atoms with Gasteiger partial charge >= 0.3 is 0 Å². The van der Waals surface area contributed by atoms with Crippen LogP contribution in [-0.2, 0) is 14.3 Å². The molecule has 1 amide bonds. The molecule has 1 aliphatic heterocycles. The molecule has 1 saturated heterocycles. The average Bonchev–Trinajstić information content (AvgIpc) is 3.06. The molecular weight excluding hydrogens is 446 g/mol. The number of aliphatic hydroxyl groups excluding tert-OH is 1. The number of nitrogens with zero attached hydrogens (tertiary/aromatic N) is 1. The zero-order valence-electron chi connectivity index (χ0n) is 19.0. The second kappa shape index (κ2) is 11.2. The Bertz CT molecular complexity index is 1030. The zero-order valence-corrected chi connectivity index (χ0v) is 19.7. The van der Waals surface area contributed by atoms with E-state index in [1.54, 1.807) is 49.6 Å². The first kappa shape index (κ1) is 24.6. The molecule has 0 aromatic heterocycles. The SMILES string of the molecule is CCOc1ccc(C2/C(=C(\O)c3ccc(Cl)cc3)C(=O)C(=O)N2CCCOC)cc1OCC. The van der Waals surface area contributed by atoms with Crippen LogP contribution in [0, 0.1) is 0 Å². The van der Waals surface area contributed by atoms with Crippen LogP contribution in [-0.4, -0.2) is 55.2 Å². The molecule has 0 bridgehead atoms. The van der Waals surface area contributed by atoms with Crippen molar-refractivity contribution in [2.45, 2.75) is 26.3 Å². The Labute approximate surface area is 198 Å². The van der Waals surface area contributed by atoms with Gasteiger partial charge in [-0.25, -0.2) is 0 Å². The molecule has 0 radical (unpaired) electrons. The van der Waals surface area contributed by atoms with Crippen LogP contribution < -0.4 is 9.47 Å². The number of amides is 1. The van der Waals surface area contributed by atoms with Gasteiger partial charge in [0.1, 0.15) is 5.76 Å². The van der Waals surface area contributed by atoms with Gasteiger partial charge in [0.25, 0.3) is 11.7 Å². The van der Waals surface area contributed by atoms with Gasteiger partial charge < -0.3 is 24.2 Å². The van der Waals surface area contributed by atoms with E-state index in [2.05, 4.69) is 0 Å². The van der Waals surface area contributed by atoms with Crippen molar-refractivity contribution in [3.8, 4) is 11.5 Å². The Morgan fingerprint density at radius 3 is 2.33 bits per heavy atom. The quantitative estimate of drug-likeness (QED) is 0.235. The summed E-state index contributed by atoms with van der Waals surface area (Å²) in [5, 5.41) is 11.6. The second-order valence-electron chi connectivity index (χ2n) is 7.42. The predicted octanol–water partition coefficient (Wildman–Crippen LogP) is 4.60. The molecule has 0 saturated carbocycles. The number of likely N-dealkylation sites (tertiary alicyclic amines) is 1. The van der Waals surface area contributed by atoms with Crippen LogP contribution in [0.5, 0.6) is 11.5 Å². The van der Waals surface area contributed by atoms with E-state index in [1.165, 1.54) is 4.90 Å². The van der Waals surface area contributed by atoms with E-state index in [-0.39, 0.29) is 17.9 Å². The molecule has 0 spiro atoms. The number of halogens is 1. The average molecular weight is 474 g/mol. The third kappa shape index (κ3) is 5.31. The van der Waals surface area contributed by atoms with Crippen LogP contribution in [0.25, 0.3) is 5.76 Å². The lowest BCUT2D eigenvalue weighted by molar-refractivity contribution is -0.140. The number of carbonyl (C=O) groups excluding carboxylic acids is 2. The predicted molar refractivity (Wildman–Crippen MR) is 126 cm³/mol. The summed E-state index contributed by atoms with van der Waals surface area (Å²) in [6, 6.07) is 10.9. The fraction of sp³-hybridized carbons (Fsp3) is 0.360. The van der Waals surface area contributed by atoms with Gasteiger partial charge in [0, 0.05) is 30.8 Å². The summed E-state index contributed by atoms with van der Waals surface area (Å²) in [6.07, 6.45) is 0.538. The highest BCUT2D eigenvalue weighted by Gasteiger charge is 2.46. The van der Waals surface area contributed by atoms with E-state index in [0.29, 0.717) is 53.9 Å². The number of Topliss-reactive ketones (excluding diaryl/α,β-unsaturated/α-hetero) is 1. The number of methoxy groups -OCH3 is 1. The van der Waals surface area contributed by atoms with E-state index >= 15 is 0 Å². The van der Waals surface area contributed by atoms with Crippen LogP contribution in [0.15, 0.2) is 48.0 Å². The fourth-order valence-corrected chi connectivity index (χ4v) is 3.96. The summed E-state index contributed by atoms with van der Waals surface area (Å²) in [5.74, 6) is -0.589. The summed E-state index contributed by atoms with van der Waals surface area (Å²) >= 11 is 5.97. The molecule has 7 nitrogen and oxygen atoms in total. The van der Waals surface area contributed by atoms with Crippen molar-refractivity contribution in [2.24, 2.45) is 0 Å². The van der Waals surface area contributed by atoms with Crippen molar-refractivity contribution in [3.05, 3.63) is 64.2 Å². The number of hydrogen-bond acceptors (Lipinski definition) is 6. The van der Waals surface area contributed by atoms with E-state index in [9.17, 15) is 14.7 Å². The summed E-state index contributed by atoms with van der Waals surface area (Å²) in [5.41, 5.74) is 1.05.